The third kappa shape index (κ3) is 9.21. The van der Waals surface area contributed by atoms with E-state index in [1.807, 2.05) is 48.5 Å². The average Bonchev–Trinajstić information content (AvgIpc) is 3.13. The van der Waals surface area contributed by atoms with Gasteiger partial charge in [-0.25, -0.2) is 0 Å². The van der Waals surface area contributed by atoms with Crippen molar-refractivity contribution in [2.24, 2.45) is 0 Å². The van der Waals surface area contributed by atoms with Gasteiger partial charge in [0.05, 0.1) is 39.6 Å². The topological polar surface area (TPSA) is 80.3 Å². The summed E-state index contributed by atoms with van der Waals surface area (Å²) in [5.74, 6) is -0.476. The zero-order chi connectivity index (χ0) is 33.7. The molecule has 0 saturated carbocycles. The molecule has 0 amide bonds. The fourth-order valence-electron chi connectivity index (χ4n) is 6.32. The zero-order valence-corrected chi connectivity index (χ0v) is 27.7. The van der Waals surface area contributed by atoms with Crippen LogP contribution in [-0.2, 0) is 46.1 Å². The van der Waals surface area contributed by atoms with Crippen LogP contribution in [0.1, 0.15) is 24.0 Å². The summed E-state index contributed by atoms with van der Waals surface area (Å²) in [6.45, 7) is 2.62. The van der Waals surface area contributed by atoms with Crippen molar-refractivity contribution < 1.29 is 33.3 Å². The van der Waals surface area contributed by atoms with Crippen molar-refractivity contribution in [3.05, 3.63) is 120 Å². The molecule has 0 heterocycles. The van der Waals surface area contributed by atoms with Gasteiger partial charge in [0.2, 0.25) is 0 Å². The summed E-state index contributed by atoms with van der Waals surface area (Å²) in [5.41, 5.74) is 2.34. The van der Waals surface area contributed by atoms with Crippen LogP contribution in [0.3, 0.4) is 0 Å². The molecule has 0 aliphatic heterocycles. The van der Waals surface area contributed by atoms with Gasteiger partial charge >= 0.3 is 11.9 Å². The predicted octanol–water partition coefficient (Wildman–Crippen LogP) is 8.00. The number of hydrogen-bond donors (Lipinski definition) is 0. The highest BCUT2D eigenvalue weighted by Crippen LogP contribution is 2.30. The zero-order valence-electron chi connectivity index (χ0n) is 27.7. The minimum Gasteiger partial charge on any atom is -0.463 e. The van der Waals surface area contributed by atoms with Crippen molar-refractivity contribution in [1.29, 1.82) is 0 Å². The molecule has 0 fully saturated rings. The van der Waals surface area contributed by atoms with E-state index < -0.39 is 0 Å². The van der Waals surface area contributed by atoms with E-state index in [9.17, 15) is 9.59 Å². The molecule has 7 heteroatoms. The third-order valence-electron chi connectivity index (χ3n) is 8.65. The van der Waals surface area contributed by atoms with Gasteiger partial charge in [-0.2, -0.15) is 0 Å². The first-order chi connectivity index (χ1) is 24.2. The lowest BCUT2D eigenvalue weighted by atomic mass is 9.94. The second-order valence-corrected chi connectivity index (χ2v) is 11.9. The summed E-state index contributed by atoms with van der Waals surface area (Å²) in [4.78, 5) is 24.9. The Kier molecular flexibility index (Phi) is 12.2. The van der Waals surface area contributed by atoms with Crippen LogP contribution in [0.15, 0.2) is 109 Å². The lowest BCUT2D eigenvalue weighted by molar-refractivity contribution is -0.145. The Morgan fingerprint density at radius 3 is 1.00 bits per heavy atom. The third-order valence-corrected chi connectivity index (χ3v) is 8.65. The number of rotatable bonds is 18. The van der Waals surface area contributed by atoms with Crippen LogP contribution in [0.4, 0.5) is 0 Å². The molecular formula is C42H42O7. The smallest absolute Gasteiger partial charge is 0.306 e. The quantitative estimate of drug-likeness (QED) is 0.0526. The summed E-state index contributed by atoms with van der Waals surface area (Å²) < 4.78 is 27.4. The molecule has 0 aliphatic carbocycles. The van der Waals surface area contributed by atoms with E-state index in [0.717, 1.165) is 0 Å². The molecule has 6 rings (SSSR count). The van der Waals surface area contributed by atoms with Crippen LogP contribution in [0, 0.1) is 0 Å². The van der Waals surface area contributed by atoms with E-state index >= 15 is 0 Å². The van der Waals surface area contributed by atoms with Gasteiger partial charge in [-0.05, 0) is 79.2 Å². The van der Waals surface area contributed by atoms with E-state index in [0.29, 0.717) is 65.3 Å². The summed E-state index contributed by atoms with van der Waals surface area (Å²) in [6, 6.07) is 37.5. The number of fused-ring (bicyclic) bond motifs is 4. The number of aryl methyl sites for hydroxylation is 2. The molecule has 0 bridgehead atoms. The molecule has 49 heavy (non-hydrogen) atoms. The molecular weight excluding hydrogens is 616 g/mol. The van der Waals surface area contributed by atoms with E-state index in [1.54, 1.807) is 0 Å². The highest BCUT2D eigenvalue weighted by atomic mass is 16.6. The Hall–Kier alpha value is -4.82. The largest absolute Gasteiger partial charge is 0.463 e. The van der Waals surface area contributed by atoms with Crippen molar-refractivity contribution in [3.63, 3.8) is 0 Å². The average molecular weight is 659 g/mol. The van der Waals surface area contributed by atoms with E-state index in [1.165, 1.54) is 54.2 Å². The number of hydrogen-bond acceptors (Lipinski definition) is 7. The summed E-state index contributed by atoms with van der Waals surface area (Å²) in [6.07, 6.45) is 1.85. The SMILES string of the molecule is O=C(CCc1c2ccccc2cc2ccccc12)OCCOCCOCCOCCOC(=O)CCc1c2ccccc2cc2ccccc12. The van der Waals surface area contributed by atoms with E-state index in [-0.39, 0.29) is 25.2 Å². The van der Waals surface area contributed by atoms with Gasteiger partial charge in [-0.3, -0.25) is 9.59 Å². The Labute approximate surface area is 286 Å². The summed E-state index contributed by atoms with van der Waals surface area (Å²) in [7, 11) is 0. The molecule has 0 spiro atoms. The maximum absolute atomic E-state index is 12.4. The lowest BCUT2D eigenvalue weighted by Gasteiger charge is -2.12. The maximum Gasteiger partial charge on any atom is 0.306 e. The molecule has 0 saturated heterocycles. The molecule has 0 aromatic heterocycles. The number of carbonyl (C=O) groups excluding carboxylic acids is 2. The molecule has 0 unspecified atom stereocenters. The maximum atomic E-state index is 12.4. The Balaban J connectivity index is 0.784. The molecule has 0 atom stereocenters. The predicted molar refractivity (Wildman–Crippen MR) is 194 cm³/mol. The van der Waals surface area contributed by atoms with Crippen molar-refractivity contribution in [2.75, 3.05) is 52.9 Å². The van der Waals surface area contributed by atoms with Crippen LogP contribution >= 0.6 is 0 Å². The fourth-order valence-corrected chi connectivity index (χ4v) is 6.32. The lowest BCUT2D eigenvalue weighted by Crippen LogP contribution is -2.15. The first-order valence-corrected chi connectivity index (χ1v) is 17.0. The Morgan fingerprint density at radius 1 is 0.388 bits per heavy atom. The number of ether oxygens (including phenoxy) is 5. The second-order valence-electron chi connectivity index (χ2n) is 11.9. The molecule has 7 nitrogen and oxygen atoms in total. The minimum absolute atomic E-state index is 0.204. The van der Waals surface area contributed by atoms with Crippen molar-refractivity contribution in [1.82, 2.24) is 0 Å². The second kappa shape index (κ2) is 17.5. The summed E-state index contributed by atoms with van der Waals surface area (Å²) in [5, 5.41) is 9.37. The van der Waals surface area contributed by atoms with Gasteiger partial charge in [-0.15, -0.1) is 0 Å². The van der Waals surface area contributed by atoms with Crippen LogP contribution < -0.4 is 0 Å². The molecule has 0 radical (unpaired) electrons. The highest BCUT2D eigenvalue weighted by Gasteiger charge is 2.12. The standard InChI is InChI=1S/C42H42O7/c43-41(19-17-39-35-13-5-1-9-31(35)29-32-10-2-6-14-36(32)39)48-27-25-46-23-21-45-22-24-47-26-28-49-42(44)20-18-40-37-15-7-3-11-33(37)30-34-12-4-8-16-38(34)40/h1-16,29-30H,17-28H2. The Bertz CT molecular complexity index is 1770. The van der Waals surface area contributed by atoms with Gasteiger partial charge < -0.3 is 23.7 Å². The number of benzene rings is 6. The Morgan fingerprint density at radius 2 is 0.673 bits per heavy atom. The first-order valence-electron chi connectivity index (χ1n) is 17.0. The highest BCUT2D eigenvalue weighted by molar-refractivity contribution is 6.03. The number of carbonyl (C=O) groups is 2. The van der Waals surface area contributed by atoms with Crippen molar-refractivity contribution >= 4 is 55.0 Å². The number of esters is 2. The van der Waals surface area contributed by atoms with Gasteiger partial charge in [0.25, 0.3) is 0 Å². The van der Waals surface area contributed by atoms with Crippen LogP contribution in [0.2, 0.25) is 0 Å². The van der Waals surface area contributed by atoms with Crippen molar-refractivity contribution in [2.45, 2.75) is 25.7 Å². The molecule has 6 aromatic rings. The van der Waals surface area contributed by atoms with Gasteiger partial charge in [0.1, 0.15) is 13.2 Å². The summed E-state index contributed by atoms with van der Waals surface area (Å²) >= 11 is 0. The van der Waals surface area contributed by atoms with Crippen LogP contribution in [0.5, 0.6) is 0 Å². The first kappa shape index (κ1) is 34.1. The van der Waals surface area contributed by atoms with Gasteiger partial charge in [-0.1, -0.05) is 97.1 Å². The van der Waals surface area contributed by atoms with Crippen LogP contribution in [-0.4, -0.2) is 64.8 Å². The van der Waals surface area contributed by atoms with Gasteiger partial charge in [0.15, 0.2) is 0 Å². The monoisotopic (exact) mass is 658 g/mol. The molecule has 0 aliphatic rings. The van der Waals surface area contributed by atoms with Gasteiger partial charge in [0, 0.05) is 12.8 Å². The van der Waals surface area contributed by atoms with E-state index in [4.69, 9.17) is 23.7 Å². The van der Waals surface area contributed by atoms with E-state index in [2.05, 4.69) is 60.7 Å². The fraction of sp³-hybridized carbons (Fsp3) is 0.286. The minimum atomic E-state index is -0.238. The van der Waals surface area contributed by atoms with Crippen LogP contribution in [0.25, 0.3) is 43.1 Å². The van der Waals surface area contributed by atoms with Crippen molar-refractivity contribution in [3.8, 4) is 0 Å². The normalized spacial score (nSPS) is 11.4. The molecule has 0 N–H and O–H groups in total. The molecule has 252 valence electrons. The molecule has 6 aromatic carbocycles.